The van der Waals surface area contributed by atoms with Gasteiger partial charge < -0.3 is 29.5 Å². The number of alkyl halides is 2. The number of ketones is 2. The van der Waals surface area contributed by atoms with Crippen LogP contribution in [-0.2, 0) is 29.8 Å². The fourth-order valence-corrected chi connectivity index (χ4v) is 6.62. The number of nitrogens with two attached hydrogens (primary N) is 1. The number of hydrogen-bond donors (Lipinski definition) is 2. The predicted molar refractivity (Wildman–Crippen MR) is 146 cm³/mol. The van der Waals surface area contributed by atoms with Crippen LogP contribution in [0.3, 0.4) is 0 Å². The fraction of sp³-hybridized carbons (Fsp3) is 0.462. The van der Waals surface area contributed by atoms with Gasteiger partial charge in [-0.05, 0) is 38.0 Å². The smallest absolute Gasteiger partial charge is 0.380 e. The molecule has 2 aromatic heterocycles. The Bertz CT molecular complexity index is 1450. The minimum absolute atomic E-state index is 0.0261. The summed E-state index contributed by atoms with van der Waals surface area (Å²) < 4.78 is 48.3. The molecule has 11 nitrogen and oxygen atoms in total. The van der Waals surface area contributed by atoms with Crippen molar-refractivity contribution in [2.75, 3.05) is 18.5 Å². The van der Waals surface area contributed by atoms with Crippen LogP contribution in [-0.4, -0.2) is 61.3 Å². The van der Waals surface area contributed by atoms with Gasteiger partial charge in [0.1, 0.15) is 47.3 Å². The zero-order chi connectivity index (χ0) is 29.2. The number of carbonyl (C=O) groups excluding carboxylic acids is 2. The molecule has 3 N–H and O–H groups in total. The van der Waals surface area contributed by atoms with E-state index in [4.69, 9.17) is 31.1 Å². The van der Waals surface area contributed by atoms with E-state index in [0.29, 0.717) is 17.4 Å². The zero-order valence-electron chi connectivity index (χ0n) is 22.2. The molecule has 14 heteroatoms. The summed E-state index contributed by atoms with van der Waals surface area (Å²) in [5.41, 5.74) is 6.73. The Hall–Kier alpha value is -2.89. The van der Waals surface area contributed by atoms with E-state index < -0.39 is 43.7 Å². The molecule has 0 saturated carbocycles. The van der Waals surface area contributed by atoms with Crippen molar-refractivity contribution in [3.05, 3.63) is 48.4 Å². The molecule has 0 spiro atoms. The van der Waals surface area contributed by atoms with Crippen LogP contribution in [0.15, 0.2) is 42.9 Å². The van der Waals surface area contributed by atoms with Gasteiger partial charge in [0.25, 0.3) is 5.13 Å². The summed E-state index contributed by atoms with van der Waals surface area (Å²) in [5.74, 6) is -0.563. The third kappa shape index (κ3) is 6.37. The Labute approximate surface area is 235 Å². The van der Waals surface area contributed by atoms with E-state index in [2.05, 4.69) is 9.97 Å². The van der Waals surface area contributed by atoms with E-state index in [1.54, 1.807) is 37.3 Å². The van der Waals surface area contributed by atoms with Gasteiger partial charge in [0, 0.05) is 18.5 Å². The second-order valence-electron chi connectivity index (χ2n) is 9.87. The van der Waals surface area contributed by atoms with Crippen LogP contribution in [0.5, 0.6) is 5.75 Å². The Morgan fingerprint density at radius 2 is 2.02 bits per heavy atom. The Kier molecular flexibility index (Phi) is 8.96. The highest BCUT2D eigenvalue weighted by atomic mass is 35.5. The number of hydrogen-bond acceptors (Lipinski definition) is 10. The number of ether oxygens (including phenoxy) is 1. The van der Waals surface area contributed by atoms with E-state index in [1.165, 1.54) is 30.9 Å². The maximum Gasteiger partial charge on any atom is 0.380 e. The minimum atomic E-state index is -4.08. The molecule has 4 rings (SSSR count). The molecular formula is C26H31ClFN4O7P. The number of nitrogens with zero attached hydrogens (tertiary/aromatic N) is 3. The van der Waals surface area contributed by atoms with Gasteiger partial charge in [-0.3, -0.25) is 9.32 Å². The summed E-state index contributed by atoms with van der Waals surface area (Å²) in [6.45, 7) is 3.83. The summed E-state index contributed by atoms with van der Waals surface area (Å²) >= 11 is 6.13. The number of nitrogen functional groups attached to an aromatic ring is 1. The van der Waals surface area contributed by atoms with E-state index in [-0.39, 0.29) is 41.4 Å². The number of Topliss-reactive ketones (excluding diaryl/α,β-unsaturated/α-hetero) is 2. The number of aromatic nitrogens is 3. The molecule has 1 fully saturated rings. The maximum atomic E-state index is 15.7. The van der Waals surface area contributed by atoms with E-state index in [0.717, 1.165) is 0 Å². The number of aliphatic hydroxyl groups is 1. The predicted octanol–water partition coefficient (Wildman–Crippen LogP) is 4.21. The normalized spacial score (nSPS) is 25.0. The van der Waals surface area contributed by atoms with Crippen LogP contribution < -0.4 is 10.3 Å². The van der Waals surface area contributed by atoms with Crippen molar-refractivity contribution in [2.24, 2.45) is 5.92 Å². The molecule has 0 radical (unpaired) electrons. The monoisotopic (exact) mass is 596 g/mol. The van der Waals surface area contributed by atoms with E-state index in [1.807, 2.05) is 0 Å². The topological polar surface area (TPSA) is 156 Å². The van der Waals surface area contributed by atoms with Crippen LogP contribution in [0.1, 0.15) is 39.0 Å². The van der Waals surface area contributed by atoms with Crippen LogP contribution in [0, 0.1) is 5.92 Å². The van der Waals surface area contributed by atoms with Crippen LogP contribution in [0.4, 0.5) is 10.2 Å². The standard InChI is InChI=1S/C26H31ClFN4O7P/c1-15(17(3)34)13-40(36,39-20-7-5-4-6-18(20)9-8-16(2)33)37-12-21-22(35)26(27,28)25(38-21)32-11-10-19-23(29)30-14-31-24(19)32/h4-7,10-11,14-15,21-22,25,35H,8-9,12-13H2,1-3H3,(H2,29,30,31)/t15-,21-,22?,25-,26-,40?/m1/s1. The molecule has 1 saturated heterocycles. The van der Waals surface area contributed by atoms with E-state index >= 15 is 4.39 Å². The number of fused-ring (bicyclic) bond motifs is 1. The molecule has 0 bridgehead atoms. The molecule has 3 heterocycles. The third-order valence-electron chi connectivity index (χ3n) is 6.76. The largest absolute Gasteiger partial charge is 0.424 e. The summed E-state index contributed by atoms with van der Waals surface area (Å²) in [4.78, 5) is 31.5. The van der Waals surface area contributed by atoms with Crippen LogP contribution in [0.25, 0.3) is 11.0 Å². The van der Waals surface area contributed by atoms with Crippen LogP contribution in [0.2, 0.25) is 0 Å². The van der Waals surface area contributed by atoms with Gasteiger partial charge in [0.15, 0.2) is 6.23 Å². The summed E-state index contributed by atoms with van der Waals surface area (Å²) in [6.07, 6.45) is -1.82. The molecule has 0 amide bonds. The molecular weight excluding hydrogens is 566 g/mol. The molecule has 40 heavy (non-hydrogen) atoms. The highest BCUT2D eigenvalue weighted by molar-refractivity contribution is 7.54. The molecule has 216 valence electrons. The van der Waals surface area contributed by atoms with Crippen molar-refractivity contribution in [2.45, 2.75) is 57.2 Å². The van der Waals surface area contributed by atoms with Crippen molar-refractivity contribution in [1.82, 2.24) is 14.5 Å². The average molecular weight is 597 g/mol. The molecule has 6 atom stereocenters. The van der Waals surface area contributed by atoms with Crippen molar-refractivity contribution in [3.63, 3.8) is 0 Å². The zero-order valence-corrected chi connectivity index (χ0v) is 23.8. The molecule has 1 aromatic carbocycles. The lowest BCUT2D eigenvalue weighted by Gasteiger charge is -2.25. The van der Waals surface area contributed by atoms with Crippen molar-refractivity contribution in [1.29, 1.82) is 0 Å². The van der Waals surface area contributed by atoms with Gasteiger partial charge in [-0.2, -0.15) is 0 Å². The maximum absolute atomic E-state index is 15.7. The molecule has 0 aliphatic carbocycles. The van der Waals surface area contributed by atoms with Gasteiger partial charge >= 0.3 is 7.60 Å². The number of aliphatic hydroxyl groups excluding tert-OH is 1. The molecule has 1 aliphatic heterocycles. The average Bonchev–Trinajstić information content (AvgIpc) is 3.41. The van der Waals surface area contributed by atoms with Gasteiger partial charge in [0.2, 0.25) is 0 Å². The van der Waals surface area contributed by atoms with Gasteiger partial charge in [-0.25, -0.2) is 18.9 Å². The highest BCUT2D eigenvalue weighted by Gasteiger charge is 2.58. The van der Waals surface area contributed by atoms with Crippen LogP contribution >= 0.6 is 19.2 Å². The third-order valence-corrected chi connectivity index (χ3v) is 9.18. The molecule has 2 unspecified atom stereocenters. The lowest BCUT2D eigenvalue weighted by molar-refractivity contribution is -0.120. The molecule has 1 aliphatic rings. The van der Waals surface area contributed by atoms with Crippen molar-refractivity contribution in [3.8, 4) is 5.75 Å². The highest BCUT2D eigenvalue weighted by Crippen LogP contribution is 2.53. The number of carbonyl (C=O) groups is 2. The second-order valence-corrected chi connectivity index (χ2v) is 12.5. The first-order chi connectivity index (χ1) is 18.8. The number of benzene rings is 1. The summed E-state index contributed by atoms with van der Waals surface area (Å²) in [5, 5.41) is 8.36. The van der Waals surface area contributed by atoms with E-state index in [9.17, 15) is 19.3 Å². The van der Waals surface area contributed by atoms with Gasteiger partial charge in [-0.1, -0.05) is 36.7 Å². The lowest BCUT2D eigenvalue weighted by atomic mass is 10.1. The Morgan fingerprint density at radius 3 is 2.73 bits per heavy atom. The lowest BCUT2D eigenvalue weighted by Crippen LogP contribution is -2.38. The van der Waals surface area contributed by atoms with Crippen molar-refractivity contribution >= 4 is 47.6 Å². The first kappa shape index (κ1) is 30.1. The number of aryl methyl sites for hydroxylation is 1. The first-order valence-corrected chi connectivity index (χ1v) is 14.7. The van der Waals surface area contributed by atoms with Crippen molar-refractivity contribution < 1.29 is 37.4 Å². The summed E-state index contributed by atoms with van der Waals surface area (Å²) in [6, 6.07) is 8.29. The SMILES string of the molecule is CC(=O)CCc1ccccc1OP(=O)(C[C@@H](C)C(C)=O)OC[C@H]1O[C@@H](n2ccc3c(N)ncnc32)[C@@](F)(Cl)C1O. The molecule has 3 aromatic rings. The van der Waals surface area contributed by atoms with Gasteiger partial charge in [0.05, 0.1) is 18.2 Å². The number of rotatable bonds is 12. The second kappa shape index (κ2) is 11.9. The number of para-hydroxylation sites is 1. The fourth-order valence-electron chi connectivity index (χ4n) is 4.31. The van der Waals surface area contributed by atoms with Gasteiger partial charge in [-0.15, -0.1) is 0 Å². The Morgan fingerprint density at radius 1 is 1.30 bits per heavy atom. The number of halogens is 2. The Balaban J connectivity index is 1.57. The first-order valence-electron chi connectivity index (χ1n) is 12.6. The summed E-state index contributed by atoms with van der Waals surface area (Å²) in [7, 11) is -4.08. The minimum Gasteiger partial charge on any atom is -0.424 e. The quantitative estimate of drug-likeness (QED) is 0.229. The number of anilines is 1.